The molecule has 8 heteroatoms. The Morgan fingerprint density at radius 2 is 1.69 bits per heavy atom. The Morgan fingerprint density at radius 1 is 0.923 bits per heavy atom. The van der Waals surface area contributed by atoms with Crippen molar-refractivity contribution in [3.05, 3.63) is 77.7 Å². The first-order chi connectivity index (χ1) is 12.4. The Morgan fingerprint density at radius 3 is 2.38 bits per heavy atom. The third-order valence-corrected chi connectivity index (χ3v) is 3.29. The number of hydrazone groups is 1. The second kappa shape index (κ2) is 7.30. The minimum Gasteiger partial charge on any atom is -0.261 e. The van der Waals surface area contributed by atoms with Crippen molar-refractivity contribution in [1.29, 1.82) is 0 Å². The van der Waals surface area contributed by atoms with Gasteiger partial charge in [-0.3, -0.25) is 5.43 Å². The van der Waals surface area contributed by atoms with Crippen LogP contribution in [0.5, 0.6) is 0 Å². The molecular formula is C18H12F4N4. The van der Waals surface area contributed by atoms with Crippen LogP contribution in [0.3, 0.4) is 0 Å². The molecule has 0 amide bonds. The van der Waals surface area contributed by atoms with Crippen molar-refractivity contribution in [2.75, 3.05) is 5.43 Å². The molecule has 4 nitrogen and oxygen atoms in total. The monoisotopic (exact) mass is 360 g/mol. The maximum absolute atomic E-state index is 13.1. The molecule has 2 aromatic carbocycles. The third kappa shape index (κ3) is 4.41. The van der Waals surface area contributed by atoms with Crippen molar-refractivity contribution >= 4 is 12.0 Å². The normalized spacial score (nSPS) is 11.7. The number of aromatic nitrogens is 2. The van der Waals surface area contributed by atoms with E-state index in [1.807, 2.05) is 0 Å². The number of alkyl halides is 3. The van der Waals surface area contributed by atoms with Crippen LogP contribution in [-0.4, -0.2) is 16.2 Å². The van der Waals surface area contributed by atoms with Gasteiger partial charge in [0.2, 0.25) is 0 Å². The summed E-state index contributed by atoms with van der Waals surface area (Å²) in [5.41, 5.74) is 2.23. The molecule has 0 aliphatic carbocycles. The summed E-state index contributed by atoms with van der Waals surface area (Å²) >= 11 is 0. The van der Waals surface area contributed by atoms with Crippen LogP contribution in [0, 0.1) is 5.82 Å². The second-order valence-corrected chi connectivity index (χ2v) is 5.25. The molecule has 0 aliphatic rings. The lowest BCUT2D eigenvalue weighted by Gasteiger charge is -2.10. The van der Waals surface area contributed by atoms with E-state index in [-0.39, 0.29) is 11.6 Å². The molecule has 0 bridgehead atoms. The summed E-state index contributed by atoms with van der Waals surface area (Å²) < 4.78 is 52.4. The molecular weight excluding hydrogens is 348 g/mol. The van der Waals surface area contributed by atoms with Gasteiger partial charge in [0.1, 0.15) is 5.82 Å². The van der Waals surface area contributed by atoms with Crippen molar-refractivity contribution in [3.63, 3.8) is 0 Å². The smallest absolute Gasteiger partial charge is 0.261 e. The van der Waals surface area contributed by atoms with Crippen molar-refractivity contribution in [1.82, 2.24) is 9.97 Å². The van der Waals surface area contributed by atoms with Gasteiger partial charge in [-0.25, -0.2) is 14.4 Å². The number of benzene rings is 2. The standard InChI is InChI=1S/C18H12F4N4/c19-14-8-4-5-12(9-14)11-23-26-16-10-15(18(20,21)22)24-17(25-16)13-6-2-1-3-7-13/h1-11H,(H,24,25,26). The van der Waals surface area contributed by atoms with Gasteiger partial charge in [0.15, 0.2) is 17.3 Å². The number of nitrogens with zero attached hydrogens (tertiary/aromatic N) is 3. The van der Waals surface area contributed by atoms with Crippen LogP contribution in [-0.2, 0) is 6.18 Å². The molecule has 132 valence electrons. The highest BCUT2D eigenvalue weighted by atomic mass is 19.4. The van der Waals surface area contributed by atoms with Crippen LogP contribution in [0.4, 0.5) is 23.4 Å². The molecule has 0 saturated heterocycles. The van der Waals surface area contributed by atoms with Gasteiger partial charge in [0.25, 0.3) is 0 Å². The maximum atomic E-state index is 13.1. The Bertz CT molecular complexity index is 924. The first-order valence-electron chi connectivity index (χ1n) is 7.48. The fourth-order valence-electron chi connectivity index (χ4n) is 2.13. The van der Waals surface area contributed by atoms with Gasteiger partial charge >= 0.3 is 6.18 Å². The van der Waals surface area contributed by atoms with Crippen molar-refractivity contribution in [2.24, 2.45) is 5.10 Å². The quantitative estimate of drug-likeness (QED) is 0.415. The molecule has 0 unspecified atom stereocenters. The minimum atomic E-state index is -4.63. The van der Waals surface area contributed by atoms with E-state index < -0.39 is 17.7 Å². The number of nitrogens with one attached hydrogen (secondary N) is 1. The zero-order valence-electron chi connectivity index (χ0n) is 13.2. The average molecular weight is 360 g/mol. The summed E-state index contributed by atoms with van der Waals surface area (Å²) in [6, 6.07) is 14.7. The van der Waals surface area contributed by atoms with Gasteiger partial charge in [-0.05, 0) is 17.7 Å². The molecule has 1 aromatic heterocycles. The maximum Gasteiger partial charge on any atom is 0.433 e. The molecule has 0 atom stereocenters. The van der Waals surface area contributed by atoms with Crippen molar-refractivity contribution in [3.8, 4) is 11.4 Å². The van der Waals surface area contributed by atoms with Crippen LogP contribution in [0.25, 0.3) is 11.4 Å². The van der Waals surface area contributed by atoms with Gasteiger partial charge in [-0.1, -0.05) is 42.5 Å². The fraction of sp³-hybridized carbons (Fsp3) is 0.0556. The Labute approximate surface area is 146 Å². The molecule has 0 fully saturated rings. The number of anilines is 1. The van der Waals surface area contributed by atoms with E-state index >= 15 is 0 Å². The van der Waals surface area contributed by atoms with Crippen LogP contribution < -0.4 is 5.43 Å². The lowest BCUT2D eigenvalue weighted by Crippen LogP contribution is -2.11. The Hall–Kier alpha value is -3.29. The van der Waals surface area contributed by atoms with Gasteiger partial charge in [0, 0.05) is 11.6 Å². The molecule has 0 spiro atoms. The summed E-state index contributed by atoms with van der Waals surface area (Å²) in [6.07, 6.45) is -3.35. The largest absolute Gasteiger partial charge is 0.433 e. The zero-order chi connectivity index (χ0) is 18.6. The summed E-state index contributed by atoms with van der Waals surface area (Å²) in [5.74, 6) is -0.649. The van der Waals surface area contributed by atoms with E-state index in [0.717, 1.165) is 6.07 Å². The van der Waals surface area contributed by atoms with Crippen molar-refractivity contribution < 1.29 is 17.6 Å². The zero-order valence-corrected chi connectivity index (χ0v) is 13.2. The summed E-state index contributed by atoms with van der Waals surface area (Å²) in [4.78, 5) is 7.63. The SMILES string of the molecule is Fc1cccc(C=NNc2cc(C(F)(F)F)nc(-c3ccccc3)n2)c1. The highest BCUT2D eigenvalue weighted by Gasteiger charge is 2.33. The molecule has 1 N–H and O–H groups in total. The van der Waals surface area contributed by atoms with E-state index in [1.54, 1.807) is 36.4 Å². The first kappa shape index (κ1) is 17.5. The van der Waals surface area contributed by atoms with Crippen molar-refractivity contribution in [2.45, 2.75) is 6.18 Å². The van der Waals surface area contributed by atoms with Gasteiger partial charge in [0.05, 0.1) is 6.21 Å². The number of halogens is 4. The van der Waals surface area contributed by atoms with E-state index in [9.17, 15) is 17.6 Å². The lowest BCUT2D eigenvalue weighted by molar-refractivity contribution is -0.141. The molecule has 0 saturated carbocycles. The third-order valence-electron chi connectivity index (χ3n) is 3.29. The van der Waals surface area contributed by atoms with E-state index in [4.69, 9.17) is 0 Å². The highest BCUT2D eigenvalue weighted by Crippen LogP contribution is 2.30. The number of hydrogen-bond acceptors (Lipinski definition) is 4. The van der Waals surface area contributed by atoms with Crippen LogP contribution in [0.1, 0.15) is 11.3 Å². The summed E-state index contributed by atoms with van der Waals surface area (Å²) in [6.45, 7) is 0. The topological polar surface area (TPSA) is 50.2 Å². The van der Waals surface area contributed by atoms with Gasteiger partial charge in [-0.15, -0.1) is 0 Å². The van der Waals surface area contributed by atoms with E-state index in [0.29, 0.717) is 11.1 Å². The van der Waals surface area contributed by atoms with E-state index in [2.05, 4.69) is 20.5 Å². The Balaban J connectivity index is 1.91. The van der Waals surface area contributed by atoms with Gasteiger partial charge < -0.3 is 0 Å². The number of rotatable bonds is 4. The Kier molecular flexibility index (Phi) is 4.92. The average Bonchev–Trinajstić information content (AvgIpc) is 2.62. The van der Waals surface area contributed by atoms with Crippen LogP contribution >= 0.6 is 0 Å². The predicted octanol–water partition coefficient (Wildman–Crippen LogP) is 4.75. The fourth-order valence-corrected chi connectivity index (χ4v) is 2.13. The van der Waals surface area contributed by atoms with Gasteiger partial charge in [-0.2, -0.15) is 18.3 Å². The number of hydrogen-bond donors (Lipinski definition) is 1. The summed E-state index contributed by atoms with van der Waals surface area (Å²) in [7, 11) is 0. The lowest BCUT2D eigenvalue weighted by atomic mass is 10.2. The van der Waals surface area contributed by atoms with Crippen LogP contribution in [0.2, 0.25) is 0 Å². The summed E-state index contributed by atoms with van der Waals surface area (Å²) in [5, 5.41) is 3.81. The molecule has 1 heterocycles. The predicted molar refractivity (Wildman–Crippen MR) is 90.1 cm³/mol. The van der Waals surface area contributed by atoms with E-state index in [1.165, 1.54) is 24.4 Å². The second-order valence-electron chi connectivity index (χ2n) is 5.25. The molecule has 3 aromatic rings. The minimum absolute atomic E-state index is 0.0797. The molecule has 3 rings (SSSR count). The molecule has 0 aliphatic heterocycles. The highest BCUT2D eigenvalue weighted by molar-refractivity contribution is 5.80. The van der Waals surface area contributed by atoms with Crippen LogP contribution in [0.15, 0.2) is 65.8 Å². The molecule has 26 heavy (non-hydrogen) atoms. The molecule has 0 radical (unpaired) electrons. The first-order valence-corrected chi connectivity index (χ1v) is 7.48.